The molecule has 0 radical (unpaired) electrons. The molecule has 0 amide bonds. The van der Waals surface area contributed by atoms with Gasteiger partial charge in [0.1, 0.15) is 0 Å². The van der Waals surface area contributed by atoms with Gasteiger partial charge in [-0.25, -0.2) is 4.79 Å². The van der Waals surface area contributed by atoms with Crippen LogP contribution in [0.25, 0.3) is 6.08 Å². The Hall–Kier alpha value is -0.800. The van der Waals surface area contributed by atoms with E-state index in [1.54, 1.807) is 18.2 Å². The fraction of sp³-hybridized carbons (Fsp3) is 0. The molecule has 4 heteroatoms. The van der Waals surface area contributed by atoms with Crippen LogP contribution in [0.4, 0.5) is 0 Å². The summed E-state index contributed by atoms with van der Waals surface area (Å²) in [6, 6.07) is 5.18. The van der Waals surface area contributed by atoms with E-state index in [0.29, 0.717) is 5.02 Å². The van der Waals surface area contributed by atoms with Gasteiger partial charge in [-0.1, -0.05) is 27.5 Å². The average Bonchev–Trinajstić information content (AvgIpc) is 2.06. The van der Waals surface area contributed by atoms with Crippen LogP contribution < -0.4 is 0 Å². The van der Waals surface area contributed by atoms with Crippen molar-refractivity contribution in [3.05, 3.63) is 39.3 Å². The summed E-state index contributed by atoms with van der Waals surface area (Å²) < 4.78 is 0.814. The van der Waals surface area contributed by atoms with Crippen molar-refractivity contribution in [2.24, 2.45) is 0 Å². The standard InChI is InChI=1S/C9H6BrClO2/c10-8-3-2-7(11)5-6(8)1-4-9(12)13/h1-5H,(H,12,13)/b4-1+. The van der Waals surface area contributed by atoms with Crippen LogP contribution in [-0.4, -0.2) is 11.1 Å². The second kappa shape index (κ2) is 4.44. The second-order valence-electron chi connectivity index (χ2n) is 2.34. The van der Waals surface area contributed by atoms with Gasteiger partial charge in [-0.05, 0) is 29.8 Å². The number of carboxylic acids is 1. The third-order valence-corrected chi connectivity index (χ3v) is 2.32. The van der Waals surface area contributed by atoms with E-state index < -0.39 is 5.97 Å². The van der Waals surface area contributed by atoms with E-state index in [4.69, 9.17) is 16.7 Å². The Morgan fingerprint density at radius 1 is 1.54 bits per heavy atom. The van der Waals surface area contributed by atoms with E-state index in [0.717, 1.165) is 16.1 Å². The largest absolute Gasteiger partial charge is 0.478 e. The molecule has 0 unspecified atom stereocenters. The van der Waals surface area contributed by atoms with Gasteiger partial charge >= 0.3 is 5.97 Å². The molecule has 0 saturated carbocycles. The normalized spacial score (nSPS) is 10.6. The third-order valence-electron chi connectivity index (χ3n) is 1.36. The number of rotatable bonds is 2. The second-order valence-corrected chi connectivity index (χ2v) is 3.63. The Balaban J connectivity index is 3.00. The minimum Gasteiger partial charge on any atom is -0.478 e. The molecular weight excluding hydrogens is 255 g/mol. The number of benzene rings is 1. The topological polar surface area (TPSA) is 37.3 Å². The fourth-order valence-corrected chi connectivity index (χ4v) is 1.36. The molecule has 0 aliphatic rings. The summed E-state index contributed by atoms with van der Waals surface area (Å²) in [5, 5.41) is 8.98. The Bertz CT molecular complexity index is 361. The lowest BCUT2D eigenvalue weighted by Gasteiger charge is -1.97. The smallest absolute Gasteiger partial charge is 0.328 e. The highest BCUT2D eigenvalue weighted by Gasteiger charge is 1.97. The first-order valence-corrected chi connectivity index (χ1v) is 4.63. The molecule has 0 aliphatic heterocycles. The Kier molecular flexibility index (Phi) is 3.51. The van der Waals surface area contributed by atoms with E-state index >= 15 is 0 Å². The number of halogens is 2. The molecule has 1 rings (SSSR count). The van der Waals surface area contributed by atoms with Crippen molar-refractivity contribution in [2.45, 2.75) is 0 Å². The van der Waals surface area contributed by atoms with Crippen LogP contribution in [0.15, 0.2) is 28.7 Å². The molecular formula is C9H6BrClO2. The summed E-state index contributed by atoms with van der Waals surface area (Å²) >= 11 is 9.01. The lowest BCUT2D eigenvalue weighted by molar-refractivity contribution is -0.131. The van der Waals surface area contributed by atoms with Gasteiger partial charge in [-0.2, -0.15) is 0 Å². The molecule has 0 fully saturated rings. The Labute approximate surface area is 89.0 Å². The highest BCUT2D eigenvalue weighted by Crippen LogP contribution is 2.22. The Morgan fingerprint density at radius 3 is 2.85 bits per heavy atom. The van der Waals surface area contributed by atoms with Gasteiger partial charge in [0.2, 0.25) is 0 Å². The first kappa shape index (κ1) is 10.3. The van der Waals surface area contributed by atoms with Crippen molar-refractivity contribution in [3.63, 3.8) is 0 Å². The summed E-state index contributed by atoms with van der Waals surface area (Å²) in [5.41, 5.74) is 0.745. The zero-order valence-electron chi connectivity index (χ0n) is 6.50. The number of hydrogen-bond acceptors (Lipinski definition) is 1. The van der Waals surface area contributed by atoms with Crippen molar-refractivity contribution in [1.82, 2.24) is 0 Å². The van der Waals surface area contributed by atoms with Crippen LogP contribution in [0, 0.1) is 0 Å². The van der Waals surface area contributed by atoms with Crippen molar-refractivity contribution in [2.75, 3.05) is 0 Å². The van der Waals surface area contributed by atoms with Gasteiger partial charge in [0.15, 0.2) is 0 Å². The quantitative estimate of drug-likeness (QED) is 0.830. The van der Waals surface area contributed by atoms with Gasteiger partial charge in [0.25, 0.3) is 0 Å². The minimum atomic E-state index is -0.980. The molecule has 0 spiro atoms. The maximum absolute atomic E-state index is 10.2. The van der Waals surface area contributed by atoms with E-state index in [9.17, 15) is 4.79 Å². The van der Waals surface area contributed by atoms with E-state index in [1.165, 1.54) is 6.08 Å². The van der Waals surface area contributed by atoms with E-state index in [2.05, 4.69) is 15.9 Å². The van der Waals surface area contributed by atoms with Crippen molar-refractivity contribution in [1.29, 1.82) is 0 Å². The molecule has 0 aliphatic carbocycles. The van der Waals surface area contributed by atoms with Crippen LogP contribution in [0.2, 0.25) is 5.02 Å². The van der Waals surface area contributed by atoms with E-state index in [-0.39, 0.29) is 0 Å². The molecule has 0 aromatic heterocycles. The highest BCUT2D eigenvalue weighted by atomic mass is 79.9. The van der Waals surface area contributed by atoms with Gasteiger partial charge < -0.3 is 5.11 Å². The molecule has 1 aromatic rings. The van der Waals surface area contributed by atoms with Gasteiger partial charge in [0, 0.05) is 15.6 Å². The number of aliphatic carboxylic acids is 1. The number of carbonyl (C=O) groups is 1. The number of hydrogen-bond donors (Lipinski definition) is 1. The molecule has 0 saturated heterocycles. The fourth-order valence-electron chi connectivity index (χ4n) is 0.803. The van der Waals surface area contributed by atoms with Crippen LogP contribution in [0.3, 0.4) is 0 Å². The maximum Gasteiger partial charge on any atom is 0.328 e. The molecule has 0 heterocycles. The van der Waals surface area contributed by atoms with Gasteiger partial charge in [-0.15, -0.1) is 0 Å². The summed E-state index contributed by atoms with van der Waals surface area (Å²) in [5.74, 6) is -0.980. The van der Waals surface area contributed by atoms with Crippen LogP contribution in [0.5, 0.6) is 0 Å². The molecule has 0 bridgehead atoms. The number of carboxylic acid groups (broad SMARTS) is 1. The monoisotopic (exact) mass is 260 g/mol. The lowest BCUT2D eigenvalue weighted by atomic mass is 10.2. The summed E-state index contributed by atoms with van der Waals surface area (Å²) in [6.07, 6.45) is 2.55. The third kappa shape index (κ3) is 3.20. The Morgan fingerprint density at radius 2 is 2.23 bits per heavy atom. The predicted molar refractivity (Wildman–Crippen MR) is 55.8 cm³/mol. The molecule has 2 nitrogen and oxygen atoms in total. The predicted octanol–water partition coefficient (Wildman–Crippen LogP) is 3.20. The van der Waals surface area contributed by atoms with Crippen LogP contribution >= 0.6 is 27.5 Å². The molecule has 0 atom stereocenters. The van der Waals surface area contributed by atoms with E-state index in [1.807, 2.05) is 0 Å². The van der Waals surface area contributed by atoms with Crippen molar-refractivity contribution < 1.29 is 9.90 Å². The lowest BCUT2D eigenvalue weighted by Crippen LogP contribution is -1.86. The van der Waals surface area contributed by atoms with Crippen molar-refractivity contribution in [3.8, 4) is 0 Å². The minimum absolute atomic E-state index is 0.577. The summed E-state index contributed by atoms with van der Waals surface area (Å²) in [6.45, 7) is 0. The maximum atomic E-state index is 10.2. The van der Waals surface area contributed by atoms with Crippen molar-refractivity contribution >= 4 is 39.6 Å². The zero-order valence-corrected chi connectivity index (χ0v) is 8.84. The van der Waals surface area contributed by atoms with Crippen LogP contribution in [0.1, 0.15) is 5.56 Å². The van der Waals surface area contributed by atoms with Crippen LogP contribution in [-0.2, 0) is 4.79 Å². The SMILES string of the molecule is O=C(O)/C=C/c1cc(Cl)ccc1Br. The molecule has 1 aromatic carbocycles. The zero-order chi connectivity index (χ0) is 9.84. The van der Waals surface area contributed by atoms with Gasteiger partial charge in [-0.3, -0.25) is 0 Å². The summed E-state index contributed by atoms with van der Waals surface area (Å²) in [7, 11) is 0. The molecule has 13 heavy (non-hydrogen) atoms. The molecule has 1 N–H and O–H groups in total. The average molecular weight is 262 g/mol. The first-order valence-electron chi connectivity index (χ1n) is 3.45. The first-order chi connectivity index (χ1) is 6.09. The summed E-state index contributed by atoms with van der Waals surface area (Å²) in [4.78, 5) is 10.2. The van der Waals surface area contributed by atoms with Gasteiger partial charge in [0.05, 0.1) is 0 Å². The molecule has 68 valence electrons. The highest BCUT2D eigenvalue weighted by molar-refractivity contribution is 9.10.